The number of rotatable bonds is 6. The molecule has 0 aliphatic heterocycles. The molecule has 0 heterocycles. The Morgan fingerprint density at radius 2 is 1.68 bits per heavy atom. The molecule has 0 amide bonds. The van der Waals surface area contributed by atoms with E-state index in [0.29, 0.717) is 47.7 Å². The van der Waals surface area contributed by atoms with Crippen LogP contribution in [0.4, 0.5) is 5.69 Å². The van der Waals surface area contributed by atoms with Gasteiger partial charge >= 0.3 is 0 Å². The van der Waals surface area contributed by atoms with Gasteiger partial charge in [0.2, 0.25) is 0 Å². The van der Waals surface area contributed by atoms with Gasteiger partial charge in [-0.2, -0.15) is 0 Å². The summed E-state index contributed by atoms with van der Waals surface area (Å²) < 4.78 is 0. The highest BCUT2D eigenvalue weighted by atomic mass is 15.2. The number of hydrogen-bond donors (Lipinski definition) is 0. The van der Waals surface area contributed by atoms with Gasteiger partial charge < -0.3 is 9.80 Å². The van der Waals surface area contributed by atoms with Gasteiger partial charge in [0.25, 0.3) is 0 Å². The lowest BCUT2D eigenvalue weighted by Gasteiger charge is -2.57. The minimum Gasteiger partial charge on any atom is -0.362 e. The lowest BCUT2D eigenvalue weighted by Crippen LogP contribution is -2.58. The van der Waals surface area contributed by atoms with E-state index in [4.69, 9.17) is 0 Å². The van der Waals surface area contributed by atoms with E-state index in [1.807, 2.05) is 0 Å². The zero-order valence-electron chi connectivity index (χ0n) is 27.0. The Labute approximate surface area is 266 Å². The summed E-state index contributed by atoms with van der Waals surface area (Å²) in [5, 5.41) is 0. The highest BCUT2D eigenvalue weighted by Gasteiger charge is 2.51. The predicted octanol–water partition coefficient (Wildman–Crippen LogP) is 10.1. The van der Waals surface area contributed by atoms with Crippen molar-refractivity contribution in [2.75, 3.05) is 4.90 Å². The molecule has 8 rings (SSSR count). The maximum absolute atomic E-state index is 2.91. The van der Waals surface area contributed by atoms with Crippen LogP contribution in [-0.4, -0.2) is 28.6 Å². The van der Waals surface area contributed by atoms with Crippen LogP contribution in [0.3, 0.4) is 0 Å². The standard InChI is InChI=1S/C42H52N2/c1-30-29-32-22-24-36-38(43(33-15-7-3-8-16-33)34-17-9-4-10-18-34)26-23-31-21-25-37(40(32)39(31)36)41(30)44(35-19-11-5-12-20-35)42(2)27-13-6-14-28-42/h5-7,11-13,15-16,19-26,30-32,34,36,38-39,41H,3-4,8-10,14,17-18,27-29H2,1-2H3. The van der Waals surface area contributed by atoms with E-state index in [0.717, 1.165) is 6.42 Å². The average molecular weight is 585 g/mol. The molecule has 0 spiro atoms. The summed E-state index contributed by atoms with van der Waals surface area (Å²) >= 11 is 0. The van der Waals surface area contributed by atoms with Crippen molar-refractivity contribution in [1.82, 2.24) is 4.90 Å². The molecule has 230 valence electrons. The number of para-hydroxylation sites is 1. The first-order chi connectivity index (χ1) is 21.6. The van der Waals surface area contributed by atoms with Crippen LogP contribution in [0.25, 0.3) is 0 Å². The summed E-state index contributed by atoms with van der Waals surface area (Å²) in [6, 6.07) is 12.9. The summed E-state index contributed by atoms with van der Waals surface area (Å²) in [6.45, 7) is 5.09. The Bertz CT molecular complexity index is 1430. The molecule has 2 nitrogen and oxygen atoms in total. The van der Waals surface area contributed by atoms with Crippen molar-refractivity contribution < 1.29 is 0 Å². The monoisotopic (exact) mass is 584 g/mol. The second-order valence-corrected chi connectivity index (χ2v) is 15.2. The molecule has 0 aromatic heterocycles. The van der Waals surface area contributed by atoms with Crippen LogP contribution in [0.2, 0.25) is 0 Å². The molecule has 7 aliphatic rings. The van der Waals surface area contributed by atoms with Crippen LogP contribution in [0.1, 0.15) is 84.5 Å². The van der Waals surface area contributed by atoms with Gasteiger partial charge in [-0.25, -0.2) is 0 Å². The van der Waals surface area contributed by atoms with E-state index in [-0.39, 0.29) is 5.54 Å². The molecular weight excluding hydrogens is 532 g/mol. The highest BCUT2D eigenvalue weighted by Crippen LogP contribution is 2.56. The minimum atomic E-state index is 0.122. The fraction of sp³-hybridized carbons (Fsp3) is 0.524. The minimum absolute atomic E-state index is 0.122. The van der Waals surface area contributed by atoms with Gasteiger partial charge in [-0.3, -0.25) is 0 Å². The Kier molecular flexibility index (Phi) is 7.59. The molecule has 0 saturated heterocycles. The smallest absolute Gasteiger partial charge is 0.0573 e. The van der Waals surface area contributed by atoms with E-state index >= 15 is 0 Å². The van der Waals surface area contributed by atoms with Gasteiger partial charge in [0.15, 0.2) is 0 Å². The van der Waals surface area contributed by atoms with Gasteiger partial charge in [0.1, 0.15) is 0 Å². The quantitative estimate of drug-likeness (QED) is 0.307. The number of hydrogen-bond acceptors (Lipinski definition) is 2. The Morgan fingerprint density at radius 1 is 0.818 bits per heavy atom. The van der Waals surface area contributed by atoms with Crippen LogP contribution < -0.4 is 4.90 Å². The van der Waals surface area contributed by atoms with Crippen molar-refractivity contribution in [2.45, 2.75) is 108 Å². The lowest BCUT2D eigenvalue weighted by molar-refractivity contribution is 0.115. The Morgan fingerprint density at radius 3 is 2.45 bits per heavy atom. The van der Waals surface area contributed by atoms with Crippen molar-refractivity contribution in [1.29, 1.82) is 0 Å². The molecule has 2 heteroatoms. The van der Waals surface area contributed by atoms with E-state index in [2.05, 4.69) is 121 Å². The molecule has 1 saturated carbocycles. The zero-order valence-corrected chi connectivity index (χ0v) is 27.0. The second-order valence-electron chi connectivity index (χ2n) is 15.2. The molecule has 7 aliphatic carbocycles. The van der Waals surface area contributed by atoms with E-state index < -0.39 is 0 Å². The molecule has 0 N–H and O–H groups in total. The first-order valence-electron chi connectivity index (χ1n) is 18.1. The first kappa shape index (κ1) is 28.5. The van der Waals surface area contributed by atoms with Gasteiger partial charge in [-0.1, -0.05) is 111 Å². The summed E-state index contributed by atoms with van der Waals surface area (Å²) in [6.07, 6.45) is 42.0. The maximum atomic E-state index is 2.91. The summed E-state index contributed by atoms with van der Waals surface area (Å²) in [5.41, 5.74) is 6.45. The third-order valence-electron chi connectivity index (χ3n) is 12.4. The van der Waals surface area contributed by atoms with Crippen LogP contribution in [0.5, 0.6) is 0 Å². The number of anilines is 1. The van der Waals surface area contributed by atoms with Crippen molar-refractivity contribution in [3.05, 3.63) is 114 Å². The summed E-state index contributed by atoms with van der Waals surface area (Å²) in [4.78, 5) is 5.80. The molecule has 1 aromatic rings. The van der Waals surface area contributed by atoms with Gasteiger partial charge in [-0.05, 0) is 99.8 Å². The topological polar surface area (TPSA) is 6.48 Å². The number of benzene rings is 1. The van der Waals surface area contributed by atoms with E-state index in [9.17, 15) is 0 Å². The van der Waals surface area contributed by atoms with Gasteiger partial charge in [0, 0.05) is 34.8 Å². The van der Waals surface area contributed by atoms with E-state index in [1.54, 1.807) is 11.1 Å². The molecular formula is C42H52N2. The third-order valence-corrected chi connectivity index (χ3v) is 12.4. The first-order valence-corrected chi connectivity index (χ1v) is 18.1. The number of nitrogens with zero attached hydrogens (tertiary/aromatic N) is 2. The maximum Gasteiger partial charge on any atom is 0.0573 e. The van der Waals surface area contributed by atoms with Crippen molar-refractivity contribution in [3.8, 4) is 0 Å². The largest absolute Gasteiger partial charge is 0.362 e. The molecule has 44 heavy (non-hydrogen) atoms. The highest BCUT2D eigenvalue weighted by molar-refractivity contribution is 5.58. The van der Waals surface area contributed by atoms with Crippen molar-refractivity contribution in [3.63, 3.8) is 0 Å². The summed E-state index contributed by atoms with van der Waals surface area (Å²) in [7, 11) is 0. The molecule has 8 unspecified atom stereocenters. The fourth-order valence-electron chi connectivity index (χ4n) is 10.4. The number of allylic oxidation sites excluding steroid dienone is 8. The zero-order chi connectivity index (χ0) is 29.7. The lowest BCUT2D eigenvalue weighted by atomic mass is 9.56. The van der Waals surface area contributed by atoms with E-state index in [1.165, 1.54) is 75.6 Å². The Balaban J connectivity index is 1.22. The van der Waals surface area contributed by atoms with Crippen LogP contribution in [0.15, 0.2) is 114 Å². The van der Waals surface area contributed by atoms with Crippen molar-refractivity contribution in [2.24, 2.45) is 29.6 Å². The molecule has 1 aromatic carbocycles. The third kappa shape index (κ3) is 4.83. The molecule has 0 bridgehead atoms. The van der Waals surface area contributed by atoms with Crippen LogP contribution in [0, 0.1) is 29.6 Å². The second kappa shape index (κ2) is 11.7. The SMILES string of the molecule is CC1CC2C=CC3C4C2=C(C=CC4C=CC3N(C2=CCCC=C2)C2CCCCC2)C1N(c1ccccc1)C1(C)CC=CCC1. The molecule has 1 fully saturated rings. The molecule has 8 atom stereocenters. The van der Waals surface area contributed by atoms with Crippen molar-refractivity contribution >= 4 is 5.69 Å². The van der Waals surface area contributed by atoms with Crippen LogP contribution >= 0.6 is 0 Å². The van der Waals surface area contributed by atoms with Crippen LogP contribution in [-0.2, 0) is 0 Å². The summed E-state index contributed by atoms with van der Waals surface area (Å²) in [5.74, 6) is 2.78. The predicted molar refractivity (Wildman–Crippen MR) is 185 cm³/mol. The van der Waals surface area contributed by atoms with Gasteiger partial charge in [-0.15, -0.1) is 0 Å². The normalized spacial score (nSPS) is 37.5. The van der Waals surface area contributed by atoms with Gasteiger partial charge in [0.05, 0.1) is 12.1 Å². The Hall–Kier alpha value is -3.00. The average Bonchev–Trinajstić information content (AvgIpc) is 3.07. The fourth-order valence-corrected chi connectivity index (χ4v) is 10.4. The molecule has 0 radical (unpaired) electrons.